The van der Waals surface area contributed by atoms with Crippen molar-refractivity contribution in [1.29, 1.82) is 0 Å². The smallest absolute Gasteiger partial charge is 0.243 e. The maximum absolute atomic E-state index is 13.0. The first kappa shape index (κ1) is 22.0. The number of nitrogens with zero attached hydrogens (tertiary/aromatic N) is 1. The van der Waals surface area contributed by atoms with Crippen LogP contribution >= 0.6 is 0 Å². The van der Waals surface area contributed by atoms with Crippen LogP contribution in [0.2, 0.25) is 0 Å². The third-order valence-electron chi connectivity index (χ3n) is 4.77. The summed E-state index contributed by atoms with van der Waals surface area (Å²) in [6.07, 6.45) is 2.74. The molecule has 7 nitrogen and oxygen atoms in total. The van der Waals surface area contributed by atoms with Gasteiger partial charge in [0, 0.05) is 18.8 Å². The second-order valence-electron chi connectivity index (χ2n) is 6.96. The van der Waals surface area contributed by atoms with Gasteiger partial charge in [-0.25, -0.2) is 12.8 Å². The minimum Gasteiger partial charge on any atom is -0.492 e. The van der Waals surface area contributed by atoms with Crippen LogP contribution in [-0.4, -0.2) is 44.9 Å². The van der Waals surface area contributed by atoms with Crippen LogP contribution in [0.1, 0.15) is 26.2 Å². The molecule has 0 unspecified atom stereocenters. The van der Waals surface area contributed by atoms with Crippen molar-refractivity contribution >= 4 is 27.3 Å². The van der Waals surface area contributed by atoms with Crippen molar-refractivity contribution in [3.63, 3.8) is 0 Å². The SMILES string of the molecule is CCOc1ccc(S(=O)(=O)N2CCCCC2)cc1NCC(=O)Nc1ccc(F)cc1. The van der Waals surface area contributed by atoms with Gasteiger partial charge in [-0.15, -0.1) is 0 Å². The number of sulfonamides is 1. The van der Waals surface area contributed by atoms with E-state index in [0.29, 0.717) is 36.8 Å². The highest BCUT2D eigenvalue weighted by atomic mass is 32.2. The fourth-order valence-corrected chi connectivity index (χ4v) is 4.80. The number of benzene rings is 2. The molecule has 0 saturated carbocycles. The highest BCUT2D eigenvalue weighted by molar-refractivity contribution is 7.89. The third-order valence-corrected chi connectivity index (χ3v) is 6.67. The molecule has 1 aliphatic heterocycles. The Kier molecular flexibility index (Phi) is 7.28. The van der Waals surface area contributed by atoms with Gasteiger partial charge in [-0.05, 0) is 62.2 Å². The molecule has 1 amide bonds. The van der Waals surface area contributed by atoms with Crippen molar-refractivity contribution in [2.45, 2.75) is 31.1 Å². The van der Waals surface area contributed by atoms with Gasteiger partial charge in [-0.1, -0.05) is 6.42 Å². The molecule has 1 aliphatic rings. The topological polar surface area (TPSA) is 87.7 Å². The van der Waals surface area contributed by atoms with Crippen LogP contribution in [0.5, 0.6) is 5.75 Å². The van der Waals surface area contributed by atoms with Gasteiger partial charge in [0.15, 0.2) is 0 Å². The number of piperidine rings is 1. The molecule has 0 spiro atoms. The molecule has 1 heterocycles. The average molecular weight is 436 g/mol. The van der Waals surface area contributed by atoms with E-state index in [9.17, 15) is 17.6 Å². The largest absolute Gasteiger partial charge is 0.492 e. The van der Waals surface area contributed by atoms with E-state index in [4.69, 9.17) is 4.74 Å². The molecule has 1 saturated heterocycles. The number of carbonyl (C=O) groups excluding carboxylic acids is 1. The number of carbonyl (C=O) groups is 1. The molecule has 3 rings (SSSR count). The second-order valence-corrected chi connectivity index (χ2v) is 8.90. The van der Waals surface area contributed by atoms with E-state index in [1.54, 1.807) is 6.07 Å². The molecule has 0 radical (unpaired) electrons. The molecule has 2 aromatic carbocycles. The molecule has 0 atom stereocenters. The minimum absolute atomic E-state index is 0.106. The van der Waals surface area contributed by atoms with Gasteiger partial charge in [0.1, 0.15) is 11.6 Å². The fourth-order valence-electron chi connectivity index (χ4n) is 3.26. The van der Waals surface area contributed by atoms with Gasteiger partial charge in [-0.3, -0.25) is 4.79 Å². The van der Waals surface area contributed by atoms with Gasteiger partial charge >= 0.3 is 0 Å². The number of nitrogens with one attached hydrogen (secondary N) is 2. The molecular formula is C21H26FN3O4S. The van der Waals surface area contributed by atoms with Crippen molar-refractivity contribution in [2.75, 3.05) is 36.9 Å². The quantitative estimate of drug-likeness (QED) is 0.663. The molecule has 0 bridgehead atoms. The molecular weight excluding hydrogens is 409 g/mol. The lowest BCUT2D eigenvalue weighted by Gasteiger charge is -2.26. The van der Waals surface area contributed by atoms with Gasteiger partial charge in [0.05, 0.1) is 23.7 Å². The zero-order valence-electron chi connectivity index (χ0n) is 16.9. The number of amides is 1. The monoisotopic (exact) mass is 435 g/mol. The molecule has 2 aromatic rings. The lowest BCUT2D eigenvalue weighted by atomic mass is 10.2. The first-order valence-electron chi connectivity index (χ1n) is 9.96. The van der Waals surface area contributed by atoms with E-state index in [1.807, 2.05) is 6.92 Å². The average Bonchev–Trinajstić information content (AvgIpc) is 2.75. The summed E-state index contributed by atoms with van der Waals surface area (Å²) in [5.41, 5.74) is 0.888. The van der Waals surface area contributed by atoms with Crippen LogP contribution in [0.15, 0.2) is 47.4 Å². The summed E-state index contributed by atoms with van der Waals surface area (Å²) in [6.45, 7) is 3.14. The van der Waals surface area contributed by atoms with Crippen LogP contribution in [-0.2, 0) is 14.8 Å². The van der Waals surface area contributed by atoms with Crippen LogP contribution < -0.4 is 15.4 Å². The highest BCUT2D eigenvalue weighted by Crippen LogP contribution is 2.30. The zero-order valence-corrected chi connectivity index (χ0v) is 17.7. The number of hydrogen-bond acceptors (Lipinski definition) is 5. The van der Waals surface area contributed by atoms with Crippen molar-refractivity contribution in [1.82, 2.24) is 4.31 Å². The number of anilines is 2. The summed E-state index contributed by atoms with van der Waals surface area (Å²) in [6, 6.07) is 10.1. The van der Waals surface area contributed by atoms with E-state index in [1.165, 1.54) is 40.7 Å². The first-order chi connectivity index (χ1) is 14.4. The Morgan fingerprint density at radius 1 is 1.10 bits per heavy atom. The van der Waals surface area contributed by atoms with Gasteiger partial charge in [0.2, 0.25) is 15.9 Å². The van der Waals surface area contributed by atoms with E-state index < -0.39 is 10.0 Å². The highest BCUT2D eigenvalue weighted by Gasteiger charge is 2.26. The Labute approximate surface area is 176 Å². The summed E-state index contributed by atoms with van der Waals surface area (Å²) < 4.78 is 46.0. The Morgan fingerprint density at radius 2 is 1.80 bits per heavy atom. The summed E-state index contributed by atoms with van der Waals surface area (Å²) in [5.74, 6) is -0.280. The fraction of sp³-hybridized carbons (Fsp3) is 0.381. The van der Waals surface area contributed by atoms with Crippen molar-refractivity contribution in [3.8, 4) is 5.75 Å². The normalized spacial score (nSPS) is 14.9. The molecule has 9 heteroatoms. The van der Waals surface area contributed by atoms with Gasteiger partial charge in [-0.2, -0.15) is 4.31 Å². The molecule has 162 valence electrons. The second kappa shape index (κ2) is 9.90. The maximum Gasteiger partial charge on any atom is 0.243 e. The van der Waals surface area contributed by atoms with Gasteiger partial charge < -0.3 is 15.4 Å². The summed E-state index contributed by atoms with van der Waals surface area (Å²) in [5, 5.41) is 5.60. The van der Waals surface area contributed by atoms with E-state index in [2.05, 4.69) is 10.6 Å². The Morgan fingerprint density at radius 3 is 2.47 bits per heavy atom. The number of halogens is 1. The summed E-state index contributed by atoms with van der Waals surface area (Å²) >= 11 is 0. The maximum atomic E-state index is 13.0. The lowest BCUT2D eigenvalue weighted by Crippen LogP contribution is -2.35. The van der Waals surface area contributed by atoms with Crippen LogP contribution in [0, 0.1) is 5.82 Å². The molecule has 0 aliphatic carbocycles. The lowest BCUT2D eigenvalue weighted by molar-refractivity contribution is -0.114. The van der Waals surface area contributed by atoms with Crippen molar-refractivity contribution < 1.29 is 22.3 Å². The number of hydrogen-bond donors (Lipinski definition) is 2. The van der Waals surface area contributed by atoms with E-state index in [0.717, 1.165) is 19.3 Å². The Hall–Kier alpha value is -2.65. The van der Waals surface area contributed by atoms with Crippen LogP contribution in [0.25, 0.3) is 0 Å². The predicted octanol–water partition coefficient (Wildman–Crippen LogP) is 3.45. The minimum atomic E-state index is -3.61. The van der Waals surface area contributed by atoms with E-state index >= 15 is 0 Å². The summed E-state index contributed by atoms with van der Waals surface area (Å²) in [4.78, 5) is 12.4. The van der Waals surface area contributed by atoms with E-state index in [-0.39, 0.29) is 23.2 Å². The zero-order chi connectivity index (χ0) is 21.6. The standard InChI is InChI=1S/C21H26FN3O4S/c1-2-29-20-11-10-18(30(27,28)25-12-4-3-5-13-25)14-19(20)23-15-21(26)24-17-8-6-16(22)7-9-17/h6-11,14,23H,2-5,12-13,15H2,1H3,(H,24,26). The Balaban J connectivity index is 1.74. The summed E-state index contributed by atoms with van der Waals surface area (Å²) in [7, 11) is -3.61. The number of rotatable bonds is 8. The predicted molar refractivity (Wildman–Crippen MR) is 114 cm³/mol. The first-order valence-corrected chi connectivity index (χ1v) is 11.4. The van der Waals surface area contributed by atoms with Crippen molar-refractivity contribution in [3.05, 3.63) is 48.3 Å². The van der Waals surface area contributed by atoms with Crippen LogP contribution in [0.4, 0.5) is 15.8 Å². The Bertz CT molecular complexity index is 974. The van der Waals surface area contributed by atoms with Crippen molar-refractivity contribution in [2.24, 2.45) is 0 Å². The molecule has 30 heavy (non-hydrogen) atoms. The van der Waals surface area contributed by atoms with Gasteiger partial charge in [0.25, 0.3) is 0 Å². The molecule has 0 aromatic heterocycles. The molecule has 2 N–H and O–H groups in total. The van der Waals surface area contributed by atoms with Crippen LogP contribution in [0.3, 0.4) is 0 Å². The molecule has 1 fully saturated rings. The third kappa shape index (κ3) is 5.48. The number of ether oxygens (including phenoxy) is 1.